The van der Waals surface area contributed by atoms with Gasteiger partial charge in [0.2, 0.25) is 0 Å². The number of esters is 1. The van der Waals surface area contributed by atoms with Crippen molar-refractivity contribution in [3.05, 3.63) is 48.0 Å². The molecule has 0 heterocycles. The molecular formula is C23H24O3. The Bertz CT molecular complexity index is 847. The minimum Gasteiger partial charge on any atom is -0.457 e. The zero-order chi connectivity index (χ0) is 17.7. The summed E-state index contributed by atoms with van der Waals surface area (Å²) in [6, 6.07) is 13.6. The lowest BCUT2D eigenvalue weighted by atomic mass is 9.49. The largest absolute Gasteiger partial charge is 0.457 e. The third-order valence-corrected chi connectivity index (χ3v) is 6.88. The normalized spacial score (nSPS) is 31.9. The van der Waals surface area contributed by atoms with Gasteiger partial charge in [-0.15, -0.1) is 0 Å². The van der Waals surface area contributed by atoms with Crippen molar-refractivity contribution in [3.8, 4) is 0 Å². The average Bonchev–Trinajstić information content (AvgIpc) is 2.64. The zero-order valence-electron chi connectivity index (χ0n) is 14.9. The topological polar surface area (TPSA) is 43.4 Å². The van der Waals surface area contributed by atoms with E-state index in [4.69, 9.17) is 4.74 Å². The van der Waals surface area contributed by atoms with E-state index in [0.29, 0.717) is 23.3 Å². The monoisotopic (exact) mass is 348 g/mol. The first-order chi connectivity index (χ1) is 12.6. The predicted molar refractivity (Wildman–Crippen MR) is 99.8 cm³/mol. The van der Waals surface area contributed by atoms with E-state index in [1.54, 1.807) is 0 Å². The van der Waals surface area contributed by atoms with E-state index in [1.165, 1.54) is 19.3 Å². The van der Waals surface area contributed by atoms with Gasteiger partial charge in [0.1, 0.15) is 0 Å². The quantitative estimate of drug-likeness (QED) is 0.590. The standard InChI is InChI=1S/C23H24O3/c24-21(20-6-5-18-3-1-2-4-19(18)10-20)14-26-22(25)23-11-15-7-16(12-23)9-17(8-15)13-23/h1-6,10,15-17H,7-9,11-14H2. The van der Waals surface area contributed by atoms with Crippen molar-refractivity contribution >= 4 is 22.5 Å². The first-order valence-corrected chi connectivity index (χ1v) is 9.80. The van der Waals surface area contributed by atoms with E-state index < -0.39 is 0 Å². The molecule has 26 heavy (non-hydrogen) atoms. The van der Waals surface area contributed by atoms with Crippen molar-refractivity contribution in [3.63, 3.8) is 0 Å². The number of Topliss-reactive ketones (excluding diaryl/α,β-unsaturated/α-hetero) is 1. The third kappa shape index (κ3) is 2.65. The molecular weight excluding hydrogens is 324 g/mol. The van der Waals surface area contributed by atoms with Gasteiger partial charge in [-0.3, -0.25) is 9.59 Å². The number of hydrogen-bond acceptors (Lipinski definition) is 3. The molecule has 4 saturated carbocycles. The molecule has 4 fully saturated rings. The van der Waals surface area contributed by atoms with Crippen molar-refractivity contribution in [2.24, 2.45) is 23.2 Å². The van der Waals surface area contributed by atoms with Gasteiger partial charge in [-0.05, 0) is 73.1 Å². The van der Waals surface area contributed by atoms with Gasteiger partial charge in [-0.1, -0.05) is 36.4 Å². The Hall–Kier alpha value is -2.16. The van der Waals surface area contributed by atoms with Crippen LogP contribution in [0.25, 0.3) is 10.8 Å². The first kappa shape index (κ1) is 16.0. The second-order valence-corrected chi connectivity index (χ2v) is 8.76. The molecule has 0 aromatic heterocycles. The van der Waals surface area contributed by atoms with Crippen molar-refractivity contribution in [1.29, 1.82) is 0 Å². The molecule has 4 aliphatic rings. The smallest absolute Gasteiger partial charge is 0.312 e. The van der Waals surface area contributed by atoms with Crippen molar-refractivity contribution < 1.29 is 14.3 Å². The van der Waals surface area contributed by atoms with Gasteiger partial charge in [-0.25, -0.2) is 0 Å². The Balaban J connectivity index is 1.28. The van der Waals surface area contributed by atoms with Gasteiger partial charge >= 0.3 is 5.97 Å². The summed E-state index contributed by atoms with van der Waals surface area (Å²) in [5, 5.41) is 2.14. The highest BCUT2D eigenvalue weighted by molar-refractivity contribution is 6.01. The summed E-state index contributed by atoms with van der Waals surface area (Å²) in [5.74, 6) is 1.86. The van der Waals surface area contributed by atoms with Gasteiger partial charge in [0.15, 0.2) is 12.4 Å². The Morgan fingerprint density at radius 3 is 2.15 bits per heavy atom. The van der Waals surface area contributed by atoms with Crippen LogP contribution in [-0.4, -0.2) is 18.4 Å². The average molecular weight is 348 g/mol. The van der Waals surface area contributed by atoms with E-state index in [1.807, 2.05) is 42.5 Å². The van der Waals surface area contributed by atoms with Crippen LogP contribution >= 0.6 is 0 Å². The van der Waals surface area contributed by atoms with Gasteiger partial charge in [-0.2, -0.15) is 0 Å². The third-order valence-electron chi connectivity index (χ3n) is 6.88. The molecule has 6 rings (SSSR count). The SMILES string of the molecule is O=C(COC(=O)C12CC3CC(CC(C3)C1)C2)c1ccc2ccccc2c1. The second kappa shape index (κ2) is 5.94. The molecule has 4 aliphatic carbocycles. The van der Waals surface area contributed by atoms with Crippen molar-refractivity contribution in [2.75, 3.05) is 6.61 Å². The molecule has 134 valence electrons. The summed E-state index contributed by atoms with van der Waals surface area (Å²) in [6.45, 7) is -0.140. The molecule has 0 amide bonds. The van der Waals surface area contributed by atoms with Crippen LogP contribution in [0.4, 0.5) is 0 Å². The Labute approximate surface area is 153 Å². The van der Waals surface area contributed by atoms with E-state index in [2.05, 4.69) is 0 Å². The highest BCUT2D eigenvalue weighted by Gasteiger charge is 2.55. The summed E-state index contributed by atoms with van der Waals surface area (Å²) in [6.07, 6.45) is 6.81. The summed E-state index contributed by atoms with van der Waals surface area (Å²) < 4.78 is 5.57. The summed E-state index contributed by atoms with van der Waals surface area (Å²) in [5.41, 5.74) is 0.320. The van der Waals surface area contributed by atoms with Gasteiger partial charge in [0.05, 0.1) is 5.41 Å². The number of ketones is 1. The number of benzene rings is 2. The Kier molecular flexibility index (Phi) is 3.66. The summed E-state index contributed by atoms with van der Waals surface area (Å²) in [4.78, 5) is 25.4. The molecule has 2 aromatic rings. The lowest BCUT2D eigenvalue weighted by molar-refractivity contribution is -0.170. The predicted octanol–water partition coefficient (Wildman–Crippen LogP) is 4.78. The fraction of sp³-hybridized carbons (Fsp3) is 0.478. The fourth-order valence-corrected chi connectivity index (χ4v) is 6.09. The summed E-state index contributed by atoms with van der Waals surface area (Å²) in [7, 11) is 0. The lowest BCUT2D eigenvalue weighted by Gasteiger charge is -2.55. The Morgan fingerprint density at radius 2 is 1.50 bits per heavy atom. The molecule has 0 unspecified atom stereocenters. The van der Waals surface area contributed by atoms with E-state index >= 15 is 0 Å². The van der Waals surface area contributed by atoms with Crippen LogP contribution in [0.3, 0.4) is 0 Å². The molecule has 0 saturated heterocycles. The molecule has 4 bridgehead atoms. The van der Waals surface area contributed by atoms with Crippen molar-refractivity contribution in [1.82, 2.24) is 0 Å². The molecule has 0 atom stereocenters. The van der Waals surface area contributed by atoms with Crippen LogP contribution in [0.1, 0.15) is 48.9 Å². The highest BCUT2D eigenvalue weighted by atomic mass is 16.5. The summed E-state index contributed by atoms with van der Waals surface area (Å²) >= 11 is 0. The molecule has 3 nitrogen and oxygen atoms in total. The molecule has 0 aliphatic heterocycles. The number of ether oxygens (including phenoxy) is 1. The number of carbonyl (C=O) groups is 2. The molecule has 3 heteroatoms. The molecule has 0 spiro atoms. The minimum atomic E-state index is -0.293. The Morgan fingerprint density at radius 1 is 0.885 bits per heavy atom. The minimum absolute atomic E-state index is 0.117. The van der Waals surface area contributed by atoms with E-state index in [0.717, 1.165) is 30.0 Å². The van der Waals surface area contributed by atoms with Crippen LogP contribution in [0.15, 0.2) is 42.5 Å². The van der Waals surface area contributed by atoms with Crippen LogP contribution in [0.5, 0.6) is 0 Å². The van der Waals surface area contributed by atoms with Gasteiger partial charge in [0.25, 0.3) is 0 Å². The second-order valence-electron chi connectivity index (χ2n) is 8.76. The lowest BCUT2D eigenvalue weighted by Crippen LogP contribution is -2.50. The molecule has 0 N–H and O–H groups in total. The zero-order valence-corrected chi connectivity index (χ0v) is 14.9. The number of hydrogen-bond donors (Lipinski definition) is 0. The van der Waals surface area contributed by atoms with Gasteiger partial charge < -0.3 is 4.74 Å². The fourth-order valence-electron chi connectivity index (χ4n) is 6.09. The molecule has 0 radical (unpaired) electrons. The van der Waals surface area contributed by atoms with Crippen LogP contribution < -0.4 is 0 Å². The van der Waals surface area contributed by atoms with E-state index in [-0.39, 0.29) is 23.8 Å². The maximum atomic E-state index is 12.9. The van der Waals surface area contributed by atoms with E-state index in [9.17, 15) is 9.59 Å². The van der Waals surface area contributed by atoms with Crippen LogP contribution in [0, 0.1) is 23.2 Å². The van der Waals surface area contributed by atoms with Gasteiger partial charge in [0, 0.05) is 5.56 Å². The van der Waals surface area contributed by atoms with Crippen LogP contribution in [0.2, 0.25) is 0 Å². The number of rotatable bonds is 4. The first-order valence-electron chi connectivity index (χ1n) is 9.80. The maximum absolute atomic E-state index is 12.9. The highest BCUT2D eigenvalue weighted by Crippen LogP contribution is 2.60. The van der Waals surface area contributed by atoms with Crippen molar-refractivity contribution in [2.45, 2.75) is 38.5 Å². The molecule has 2 aromatic carbocycles. The number of fused-ring (bicyclic) bond motifs is 1. The maximum Gasteiger partial charge on any atom is 0.312 e. The number of carbonyl (C=O) groups excluding carboxylic acids is 2. The van der Waals surface area contributed by atoms with Crippen LogP contribution in [-0.2, 0) is 9.53 Å².